The maximum absolute atomic E-state index is 14.0. The normalized spacial score (nSPS) is 26.1. The van der Waals surface area contributed by atoms with Crippen LogP contribution in [0.2, 0.25) is 0 Å². The van der Waals surface area contributed by atoms with Crippen LogP contribution in [0.5, 0.6) is 0 Å². The second-order valence-corrected chi connectivity index (χ2v) is 12.4. The average molecular weight is 514 g/mol. The molecule has 37 heavy (non-hydrogen) atoms. The third-order valence-corrected chi connectivity index (χ3v) is 9.15. The Labute approximate surface area is 221 Å². The van der Waals surface area contributed by atoms with Crippen molar-refractivity contribution >= 4 is 17.6 Å². The van der Waals surface area contributed by atoms with Gasteiger partial charge in [-0.2, -0.15) is 0 Å². The Morgan fingerprint density at radius 3 is 2.46 bits per heavy atom. The number of carbonyl (C=O) groups is 3. The van der Waals surface area contributed by atoms with Crippen molar-refractivity contribution in [3.8, 4) is 0 Å². The number of nitrogens with two attached hydrogens (primary N) is 1. The summed E-state index contributed by atoms with van der Waals surface area (Å²) < 4.78 is 13.6. The van der Waals surface area contributed by atoms with Crippen molar-refractivity contribution in [1.29, 1.82) is 0 Å². The van der Waals surface area contributed by atoms with Gasteiger partial charge in [0.15, 0.2) is 5.78 Å². The van der Waals surface area contributed by atoms with E-state index in [9.17, 15) is 18.8 Å². The first kappa shape index (κ1) is 27.7. The first-order valence-electron chi connectivity index (χ1n) is 14.1. The molecule has 2 aliphatic heterocycles. The van der Waals surface area contributed by atoms with Crippen molar-refractivity contribution in [1.82, 2.24) is 9.80 Å². The highest BCUT2D eigenvalue weighted by Crippen LogP contribution is 2.49. The van der Waals surface area contributed by atoms with Crippen LogP contribution in [0.25, 0.3) is 0 Å². The number of ketones is 1. The Morgan fingerprint density at radius 1 is 1.14 bits per heavy atom. The van der Waals surface area contributed by atoms with Gasteiger partial charge in [-0.05, 0) is 63.1 Å². The molecule has 4 rings (SSSR count). The van der Waals surface area contributed by atoms with Gasteiger partial charge in [0.1, 0.15) is 5.82 Å². The standard InChI is InChI=1S/C30H44FN3O3/c1-29(2,32)26(35)18-23(11-10-21-8-5-4-6-9-21)27(36)34-17-7-16-30(20-34)25(19-33(3)28(30)37)22-12-14-24(31)15-13-22/h12-15,21,23,25H,4-11,16-20,32H2,1-3H3/t23-,25?,30?/m0/s1. The van der Waals surface area contributed by atoms with Gasteiger partial charge in [-0.25, -0.2) is 4.39 Å². The first-order chi connectivity index (χ1) is 17.5. The van der Waals surface area contributed by atoms with E-state index in [1.807, 2.05) is 11.9 Å². The van der Waals surface area contributed by atoms with Crippen molar-refractivity contribution in [3.63, 3.8) is 0 Å². The highest BCUT2D eigenvalue weighted by atomic mass is 19.1. The second kappa shape index (κ2) is 11.2. The van der Waals surface area contributed by atoms with Crippen LogP contribution in [0.1, 0.15) is 89.5 Å². The monoisotopic (exact) mass is 513 g/mol. The van der Waals surface area contributed by atoms with Gasteiger partial charge in [0.25, 0.3) is 0 Å². The quantitative estimate of drug-likeness (QED) is 0.548. The lowest BCUT2D eigenvalue weighted by Crippen LogP contribution is -2.53. The van der Waals surface area contributed by atoms with Crippen molar-refractivity contribution in [3.05, 3.63) is 35.6 Å². The number of hydrogen-bond donors (Lipinski definition) is 1. The minimum Gasteiger partial charge on any atom is -0.345 e. The van der Waals surface area contributed by atoms with Crippen molar-refractivity contribution in [2.75, 3.05) is 26.7 Å². The summed E-state index contributed by atoms with van der Waals surface area (Å²) in [7, 11) is 1.81. The number of likely N-dealkylation sites (tertiary alicyclic amines) is 2. The van der Waals surface area contributed by atoms with Gasteiger partial charge in [0.2, 0.25) is 11.8 Å². The van der Waals surface area contributed by atoms with Crippen LogP contribution in [0, 0.1) is 23.1 Å². The molecule has 2 N–H and O–H groups in total. The number of hydrogen-bond acceptors (Lipinski definition) is 4. The molecule has 2 amide bonds. The molecule has 0 radical (unpaired) electrons. The lowest BCUT2D eigenvalue weighted by Gasteiger charge is -2.43. The largest absolute Gasteiger partial charge is 0.345 e. The van der Waals surface area contributed by atoms with E-state index < -0.39 is 16.9 Å². The molecule has 1 aromatic rings. The van der Waals surface area contributed by atoms with E-state index in [1.54, 1.807) is 30.9 Å². The fourth-order valence-electron chi connectivity index (χ4n) is 6.88. The maximum Gasteiger partial charge on any atom is 0.231 e. The molecule has 1 saturated carbocycles. The zero-order valence-corrected chi connectivity index (χ0v) is 22.8. The van der Waals surface area contributed by atoms with E-state index in [4.69, 9.17) is 5.73 Å². The molecule has 0 aromatic heterocycles. The van der Waals surface area contributed by atoms with Crippen LogP contribution in [-0.4, -0.2) is 59.6 Å². The molecular formula is C30H44FN3O3. The highest BCUT2D eigenvalue weighted by Gasteiger charge is 2.55. The summed E-state index contributed by atoms with van der Waals surface area (Å²) in [4.78, 5) is 44.1. The number of amides is 2. The molecule has 3 aliphatic rings. The topological polar surface area (TPSA) is 83.7 Å². The number of benzene rings is 1. The molecule has 6 nitrogen and oxygen atoms in total. The van der Waals surface area contributed by atoms with Gasteiger partial charge in [-0.3, -0.25) is 14.4 Å². The summed E-state index contributed by atoms with van der Waals surface area (Å²) in [5, 5.41) is 0. The van der Waals surface area contributed by atoms with Gasteiger partial charge >= 0.3 is 0 Å². The van der Waals surface area contributed by atoms with Gasteiger partial charge in [-0.1, -0.05) is 44.2 Å². The predicted molar refractivity (Wildman–Crippen MR) is 142 cm³/mol. The average Bonchev–Trinajstić information content (AvgIpc) is 3.11. The van der Waals surface area contributed by atoms with Crippen molar-refractivity contribution in [2.45, 2.75) is 89.5 Å². The summed E-state index contributed by atoms with van der Waals surface area (Å²) in [5.41, 5.74) is 5.35. The molecule has 2 unspecified atom stereocenters. The van der Waals surface area contributed by atoms with Crippen molar-refractivity contribution < 1.29 is 18.8 Å². The van der Waals surface area contributed by atoms with E-state index in [0.29, 0.717) is 38.4 Å². The minimum absolute atomic E-state index is 0.0207. The zero-order valence-electron chi connectivity index (χ0n) is 22.8. The van der Waals surface area contributed by atoms with Crippen LogP contribution in [-0.2, 0) is 14.4 Å². The summed E-state index contributed by atoms with van der Waals surface area (Å²) in [6.07, 6.45) is 9.38. The summed E-state index contributed by atoms with van der Waals surface area (Å²) in [6.45, 7) is 4.89. The number of likely N-dealkylation sites (N-methyl/N-ethyl adjacent to an activating group) is 1. The van der Waals surface area contributed by atoms with Crippen LogP contribution in [0.15, 0.2) is 24.3 Å². The number of carbonyl (C=O) groups excluding carboxylic acids is 3. The molecule has 0 bridgehead atoms. The maximum atomic E-state index is 14.0. The Hall–Kier alpha value is -2.28. The number of Topliss-reactive ketones (excluding diaryl/α,β-unsaturated/α-hetero) is 1. The minimum atomic E-state index is -0.982. The van der Waals surface area contributed by atoms with Gasteiger partial charge < -0.3 is 15.5 Å². The van der Waals surface area contributed by atoms with Crippen LogP contribution < -0.4 is 5.73 Å². The van der Waals surface area contributed by atoms with Crippen LogP contribution in [0.4, 0.5) is 4.39 Å². The summed E-state index contributed by atoms with van der Waals surface area (Å²) in [6, 6.07) is 6.42. The lowest BCUT2D eigenvalue weighted by molar-refractivity contribution is -0.147. The van der Waals surface area contributed by atoms with E-state index in [1.165, 1.54) is 44.2 Å². The molecule has 1 spiro atoms. The summed E-state index contributed by atoms with van der Waals surface area (Å²) >= 11 is 0. The number of rotatable bonds is 8. The van der Waals surface area contributed by atoms with E-state index in [2.05, 4.69) is 0 Å². The Kier molecular flexibility index (Phi) is 8.41. The molecule has 3 fully saturated rings. The molecular weight excluding hydrogens is 469 g/mol. The van der Waals surface area contributed by atoms with Gasteiger partial charge in [0, 0.05) is 44.9 Å². The Morgan fingerprint density at radius 2 is 1.81 bits per heavy atom. The van der Waals surface area contributed by atoms with Gasteiger partial charge in [-0.15, -0.1) is 0 Å². The lowest BCUT2D eigenvalue weighted by atomic mass is 9.68. The molecule has 1 aliphatic carbocycles. The van der Waals surface area contributed by atoms with Gasteiger partial charge in [0.05, 0.1) is 11.0 Å². The molecule has 2 saturated heterocycles. The van der Waals surface area contributed by atoms with E-state index in [-0.39, 0.29) is 35.8 Å². The third kappa shape index (κ3) is 6.08. The fourth-order valence-corrected chi connectivity index (χ4v) is 6.88. The predicted octanol–water partition coefficient (Wildman–Crippen LogP) is 4.66. The summed E-state index contributed by atoms with van der Waals surface area (Å²) in [5.74, 6) is -0.265. The highest BCUT2D eigenvalue weighted by molar-refractivity contribution is 5.92. The Bertz CT molecular complexity index is 983. The van der Waals surface area contributed by atoms with E-state index >= 15 is 0 Å². The molecule has 1 aromatic carbocycles. The molecule has 2 heterocycles. The number of nitrogens with zero attached hydrogens (tertiary/aromatic N) is 2. The number of piperidine rings is 1. The molecule has 204 valence electrons. The van der Waals surface area contributed by atoms with E-state index in [0.717, 1.165) is 18.4 Å². The van der Waals surface area contributed by atoms with Crippen LogP contribution >= 0.6 is 0 Å². The second-order valence-electron chi connectivity index (χ2n) is 12.4. The molecule has 7 heteroatoms. The SMILES string of the molecule is CN1CC(c2ccc(F)cc2)C2(CCCN(C(=O)[C@@H](CCC3CCCCC3)CC(=O)C(C)(C)N)C2)C1=O. The molecule has 3 atom stereocenters. The fraction of sp³-hybridized carbons (Fsp3) is 0.700. The van der Waals surface area contributed by atoms with Crippen molar-refractivity contribution in [2.24, 2.45) is 23.0 Å². The van der Waals surface area contributed by atoms with Crippen LogP contribution in [0.3, 0.4) is 0 Å². The smallest absolute Gasteiger partial charge is 0.231 e. The third-order valence-electron chi connectivity index (χ3n) is 9.15. The number of halogens is 1. The Balaban J connectivity index is 1.55. The zero-order chi connectivity index (χ0) is 26.8. The first-order valence-corrected chi connectivity index (χ1v) is 14.1.